The summed E-state index contributed by atoms with van der Waals surface area (Å²) in [6.07, 6.45) is 0. The van der Waals surface area contributed by atoms with Crippen molar-refractivity contribution in [3.8, 4) is 0 Å². The highest BCUT2D eigenvalue weighted by Crippen LogP contribution is 1.75. The Labute approximate surface area is 85.1 Å². The molecule has 0 radical (unpaired) electrons. The van der Waals surface area contributed by atoms with Crippen LogP contribution < -0.4 is 0 Å². The van der Waals surface area contributed by atoms with Crippen molar-refractivity contribution >= 4 is 16.3 Å². The zero-order chi connectivity index (χ0) is 11.8. The molecule has 0 aliphatic rings. The fourth-order valence-corrected chi connectivity index (χ4v) is 0.379. The lowest BCUT2D eigenvalue weighted by Gasteiger charge is -1.98. The quantitative estimate of drug-likeness (QED) is 0.215. The first-order valence-corrected chi connectivity index (χ1v) is 5.21. The molecule has 0 aromatic heterocycles. The Kier molecular flexibility index (Phi) is 8.71. The molecule has 0 aliphatic carbocycles. The maximum absolute atomic E-state index is 9.22. The molecule has 0 bridgehead atoms. The summed E-state index contributed by atoms with van der Waals surface area (Å²) in [6.45, 7) is 5.03. The third-order valence-electron chi connectivity index (χ3n) is 1.51. The van der Waals surface area contributed by atoms with Crippen molar-refractivity contribution in [3.05, 3.63) is 0 Å². The van der Waals surface area contributed by atoms with Gasteiger partial charge < -0.3 is 9.29 Å². The number of ether oxygens (including phenoxy) is 1. The average molecular weight is 227 g/mol. The molecule has 6 nitrogen and oxygen atoms in total. The highest BCUT2D eigenvalue weighted by molar-refractivity contribution is 7.80. The molecular formula is C7H17NO5S. The Morgan fingerprint density at radius 3 is 1.86 bits per heavy atom. The smallest absolute Gasteiger partial charge is 0.332 e. The minimum absolute atomic E-state index is 0.808. The van der Waals surface area contributed by atoms with Gasteiger partial charge >= 0.3 is 5.90 Å². The SMILES string of the molecule is CC[N+](C)=C(C)OC.COS(=O)(=O)[O-]. The van der Waals surface area contributed by atoms with Crippen LogP contribution >= 0.6 is 0 Å². The predicted molar refractivity (Wildman–Crippen MR) is 51.1 cm³/mol. The van der Waals surface area contributed by atoms with Gasteiger partial charge in [-0.3, -0.25) is 4.18 Å². The first-order chi connectivity index (χ1) is 6.28. The number of hydrogen-bond acceptors (Lipinski definition) is 5. The largest absolute Gasteiger partial charge is 0.726 e. The normalized spacial score (nSPS) is 12.4. The van der Waals surface area contributed by atoms with E-state index in [-0.39, 0.29) is 0 Å². The van der Waals surface area contributed by atoms with Crippen LogP contribution in [0.1, 0.15) is 13.8 Å². The molecule has 0 heterocycles. The maximum Gasteiger partial charge on any atom is 0.332 e. The van der Waals surface area contributed by atoms with E-state index >= 15 is 0 Å². The van der Waals surface area contributed by atoms with Crippen LogP contribution in [0.5, 0.6) is 0 Å². The molecule has 0 saturated carbocycles. The second-order valence-electron chi connectivity index (χ2n) is 2.31. The monoisotopic (exact) mass is 227 g/mol. The van der Waals surface area contributed by atoms with Crippen LogP contribution in [-0.2, 0) is 19.3 Å². The van der Waals surface area contributed by atoms with E-state index < -0.39 is 10.4 Å². The first kappa shape index (κ1) is 15.8. The summed E-state index contributed by atoms with van der Waals surface area (Å²) in [5.74, 6) is 0.965. The summed E-state index contributed by atoms with van der Waals surface area (Å²) in [5, 5.41) is 0. The van der Waals surface area contributed by atoms with Gasteiger partial charge in [0.1, 0.15) is 13.6 Å². The van der Waals surface area contributed by atoms with Crippen LogP contribution in [0.2, 0.25) is 0 Å². The van der Waals surface area contributed by atoms with E-state index in [0.717, 1.165) is 19.6 Å². The first-order valence-electron chi connectivity index (χ1n) is 3.88. The van der Waals surface area contributed by atoms with E-state index in [1.165, 1.54) is 0 Å². The van der Waals surface area contributed by atoms with E-state index in [9.17, 15) is 13.0 Å². The molecule has 86 valence electrons. The fourth-order valence-electron chi connectivity index (χ4n) is 0.379. The summed E-state index contributed by atoms with van der Waals surface area (Å²) >= 11 is 0. The van der Waals surface area contributed by atoms with Crippen LogP contribution in [-0.4, -0.2) is 51.3 Å². The van der Waals surface area contributed by atoms with Crippen molar-refractivity contribution in [3.63, 3.8) is 0 Å². The van der Waals surface area contributed by atoms with Gasteiger partial charge in [0, 0.05) is 0 Å². The van der Waals surface area contributed by atoms with Gasteiger partial charge in [0.2, 0.25) is 10.4 Å². The topological polar surface area (TPSA) is 78.7 Å². The van der Waals surface area contributed by atoms with Crippen molar-refractivity contribution in [2.24, 2.45) is 0 Å². The molecule has 0 spiro atoms. The number of hydrogen-bond donors (Lipinski definition) is 0. The minimum Gasteiger partial charge on any atom is -0.726 e. The summed E-state index contributed by atoms with van der Waals surface area (Å²) in [7, 11) is 0.0767. The maximum atomic E-state index is 9.22. The Morgan fingerprint density at radius 2 is 1.79 bits per heavy atom. The minimum atomic E-state index is -4.41. The lowest BCUT2D eigenvalue weighted by Crippen LogP contribution is -2.15. The highest BCUT2D eigenvalue weighted by atomic mass is 32.3. The van der Waals surface area contributed by atoms with Crippen molar-refractivity contribution in [1.29, 1.82) is 0 Å². The molecule has 0 unspecified atom stereocenters. The van der Waals surface area contributed by atoms with E-state index in [4.69, 9.17) is 4.74 Å². The fraction of sp³-hybridized carbons (Fsp3) is 0.857. The van der Waals surface area contributed by atoms with Gasteiger partial charge in [-0.05, 0) is 6.92 Å². The Balaban J connectivity index is 0. The van der Waals surface area contributed by atoms with Crippen molar-refractivity contribution in [2.75, 3.05) is 27.8 Å². The molecule has 0 amide bonds. The molecule has 0 aromatic rings. The van der Waals surface area contributed by atoms with E-state index in [0.29, 0.717) is 0 Å². The second kappa shape index (κ2) is 7.72. The molecule has 0 N–H and O–H groups in total. The molecule has 0 aromatic carbocycles. The molecule has 0 saturated heterocycles. The predicted octanol–water partition coefficient (Wildman–Crippen LogP) is -0.194. The van der Waals surface area contributed by atoms with Crippen LogP contribution in [0.3, 0.4) is 0 Å². The van der Waals surface area contributed by atoms with Crippen molar-refractivity contribution in [1.82, 2.24) is 0 Å². The lowest BCUT2D eigenvalue weighted by molar-refractivity contribution is -0.502. The van der Waals surface area contributed by atoms with Gasteiger partial charge in [-0.15, -0.1) is 0 Å². The van der Waals surface area contributed by atoms with Gasteiger partial charge in [0.05, 0.1) is 21.1 Å². The van der Waals surface area contributed by atoms with Crippen LogP contribution in [0.15, 0.2) is 0 Å². The zero-order valence-electron chi connectivity index (χ0n) is 9.10. The third kappa shape index (κ3) is 11.3. The number of nitrogens with zero attached hydrogens (tertiary/aromatic N) is 1. The van der Waals surface area contributed by atoms with Crippen LogP contribution in [0.25, 0.3) is 0 Å². The molecular weight excluding hydrogens is 210 g/mol. The van der Waals surface area contributed by atoms with E-state index in [1.54, 1.807) is 7.11 Å². The van der Waals surface area contributed by atoms with Gasteiger partial charge in [-0.1, -0.05) is 0 Å². The van der Waals surface area contributed by atoms with Gasteiger partial charge in [-0.25, -0.2) is 13.0 Å². The zero-order valence-corrected chi connectivity index (χ0v) is 9.92. The number of rotatable bonds is 2. The standard InChI is InChI=1S/C6H14NO.CH4O4S/c1-5-7(3)6(2)8-4;1-5-6(2,3)4/h5H2,1-4H3;1H3,(H,2,3,4)/q+1;/p-1. The van der Waals surface area contributed by atoms with Gasteiger partial charge in [0.15, 0.2) is 0 Å². The van der Waals surface area contributed by atoms with Crippen molar-refractivity contribution < 1.29 is 26.5 Å². The third-order valence-corrected chi connectivity index (χ3v) is 1.92. The molecule has 0 rings (SSSR count). The molecule has 0 aliphatic heterocycles. The average Bonchev–Trinajstić information content (AvgIpc) is 2.15. The Hall–Kier alpha value is -0.660. The van der Waals surface area contributed by atoms with Crippen molar-refractivity contribution in [2.45, 2.75) is 13.8 Å². The molecule has 7 heteroatoms. The van der Waals surface area contributed by atoms with Gasteiger partial charge in [0.25, 0.3) is 0 Å². The summed E-state index contributed by atoms with van der Waals surface area (Å²) < 4.78 is 38.0. The Bertz CT molecular complexity index is 258. The Morgan fingerprint density at radius 1 is 1.43 bits per heavy atom. The van der Waals surface area contributed by atoms with Gasteiger partial charge in [-0.2, -0.15) is 0 Å². The molecule has 0 atom stereocenters. The summed E-state index contributed by atoms with van der Waals surface area (Å²) in [5.41, 5.74) is 0. The lowest BCUT2D eigenvalue weighted by atomic mass is 10.6. The molecule has 14 heavy (non-hydrogen) atoms. The molecule has 0 fully saturated rings. The summed E-state index contributed by atoms with van der Waals surface area (Å²) in [6, 6.07) is 0. The summed E-state index contributed by atoms with van der Waals surface area (Å²) in [4.78, 5) is 0. The highest BCUT2D eigenvalue weighted by Gasteiger charge is 1.97. The number of methoxy groups -OCH3 is 1. The van der Waals surface area contributed by atoms with E-state index in [1.807, 2.05) is 18.5 Å². The van der Waals surface area contributed by atoms with E-state index in [2.05, 4.69) is 11.1 Å². The van der Waals surface area contributed by atoms with Crippen LogP contribution in [0.4, 0.5) is 0 Å². The van der Waals surface area contributed by atoms with Crippen LogP contribution in [0, 0.1) is 0 Å². The second-order valence-corrected chi connectivity index (χ2v) is 3.46.